The van der Waals surface area contributed by atoms with Gasteiger partial charge in [0.1, 0.15) is 11.6 Å². The maximum Gasteiger partial charge on any atom is 0.360 e. The molecule has 0 spiro atoms. The number of rotatable bonds is 3. The lowest BCUT2D eigenvalue weighted by molar-refractivity contribution is 0.0595. The number of hydrogen-bond donors (Lipinski definition) is 1. The van der Waals surface area contributed by atoms with Gasteiger partial charge in [-0.1, -0.05) is 0 Å². The first-order chi connectivity index (χ1) is 8.52. The quantitative estimate of drug-likeness (QED) is 0.878. The summed E-state index contributed by atoms with van der Waals surface area (Å²) in [7, 11) is 1.31. The average Bonchev–Trinajstić information content (AvgIpc) is 2.87. The van der Waals surface area contributed by atoms with Crippen LogP contribution in [-0.4, -0.2) is 22.6 Å². The molecule has 0 unspecified atom stereocenters. The molecule has 2 aromatic rings. The number of imidazole rings is 1. The van der Waals surface area contributed by atoms with E-state index in [2.05, 4.69) is 25.7 Å². The number of hydrogen-bond acceptors (Lipinski definition) is 5. The molecule has 2 heterocycles. The highest BCUT2D eigenvalue weighted by Crippen LogP contribution is 2.25. The molecule has 0 bridgehead atoms. The van der Waals surface area contributed by atoms with E-state index in [-0.39, 0.29) is 5.69 Å². The summed E-state index contributed by atoms with van der Waals surface area (Å²) in [4.78, 5) is 16.7. The van der Waals surface area contributed by atoms with E-state index >= 15 is 0 Å². The number of nitrogen functional groups attached to an aromatic ring is 1. The molecule has 7 heteroatoms. The summed E-state index contributed by atoms with van der Waals surface area (Å²) in [5.74, 6) is 0.517. The monoisotopic (exact) mass is 329 g/mol. The lowest BCUT2D eigenvalue weighted by Crippen LogP contribution is -2.09. The van der Waals surface area contributed by atoms with E-state index in [4.69, 9.17) is 5.73 Å². The highest BCUT2D eigenvalue weighted by Gasteiger charge is 2.19. The first-order valence-corrected chi connectivity index (χ1v) is 6.79. The first-order valence-electron chi connectivity index (χ1n) is 5.18. The molecule has 0 aliphatic carbocycles. The van der Waals surface area contributed by atoms with Gasteiger partial charge >= 0.3 is 5.97 Å². The van der Waals surface area contributed by atoms with E-state index in [9.17, 15) is 4.79 Å². The molecule has 2 N–H and O–H groups in total. The Morgan fingerprint density at radius 1 is 1.61 bits per heavy atom. The number of carbonyl (C=O) groups is 1. The number of ether oxygens (including phenoxy) is 1. The second-order valence-corrected chi connectivity index (χ2v) is 6.22. The minimum absolute atomic E-state index is 0.172. The Hall–Kier alpha value is -1.34. The van der Waals surface area contributed by atoms with Crippen molar-refractivity contribution < 1.29 is 9.53 Å². The number of aromatic nitrogens is 2. The number of halogens is 1. The van der Waals surface area contributed by atoms with Crippen molar-refractivity contribution in [1.82, 2.24) is 9.55 Å². The van der Waals surface area contributed by atoms with Crippen LogP contribution in [0, 0.1) is 6.92 Å². The van der Waals surface area contributed by atoms with Crippen molar-refractivity contribution in [3.05, 3.63) is 32.3 Å². The van der Waals surface area contributed by atoms with Gasteiger partial charge in [0.25, 0.3) is 0 Å². The SMILES string of the molecule is COC(=O)c1nc(C)n(Cc2ccc(Br)s2)c1N. The van der Waals surface area contributed by atoms with Crippen molar-refractivity contribution in [1.29, 1.82) is 0 Å². The second kappa shape index (κ2) is 5.11. The Morgan fingerprint density at radius 3 is 2.89 bits per heavy atom. The van der Waals surface area contributed by atoms with Gasteiger partial charge in [0.05, 0.1) is 17.4 Å². The third kappa shape index (κ3) is 2.41. The standard InChI is InChI=1S/C11H12BrN3O2S/c1-6-14-9(11(16)17-2)10(13)15(6)5-7-3-4-8(12)18-7/h3-4H,5,13H2,1-2H3. The summed E-state index contributed by atoms with van der Waals surface area (Å²) in [6.45, 7) is 2.41. The minimum atomic E-state index is -0.512. The van der Waals surface area contributed by atoms with Crippen LogP contribution in [0.25, 0.3) is 0 Å². The van der Waals surface area contributed by atoms with Crippen molar-refractivity contribution >= 4 is 39.1 Å². The number of thiophene rings is 1. The summed E-state index contributed by atoms with van der Waals surface area (Å²) >= 11 is 5.03. The molecule has 0 atom stereocenters. The predicted octanol–water partition coefficient (Wildman–Crippen LogP) is 2.43. The van der Waals surface area contributed by atoms with Gasteiger partial charge in [0.15, 0.2) is 5.69 Å². The highest BCUT2D eigenvalue weighted by atomic mass is 79.9. The molecule has 0 saturated heterocycles. The Labute approximate surface area is 117 Å². The number of nitrogens with zero attached hydrogens (tertiary/aromatic N) is 2. The van der Waals surface area contributed by atoms with E-state index in [1.165, 1.54) is 7.11 Å². The summed E-state index contributed by atoms with van der Waals surface area (Å²) in [6.07, 6.45) is 0. The van der Waals surface area contributed by atoms with E-state index in [0.717, 1.165) is 8.66 Å². The van der Waals surface area contributed by atoms with Gasteiger partial charge in [-0.2, -0.15) is 0 Å². The molecule has 96 valence electrons. The molecular formula is C11H12BrN3O2S. The predicted molar refractivity (Wildman–Crippen MR) is 73.8 cm³/mol. The van der Waals surface area contributed by atoms with Crippen LogP contribution in [0.4, 0.5) is 5.82 Å². The summed E-state index contributed by atoms with van der Waals surface area (Å²) in [5.41, 5.74) is 6.10. The third-order valence-corrected chi connectivity index (χ3v) is 4.13. The molecule has 5 nitrogen and oxygen atoms in total. The van der Waals surface area contributed by atoms with Crippen LogP contribution < -0.4 is 5.73 Å². The van der Waals surface area contributed by atoms with Crippen LogP contribution in [0.3, 0.4) is 0 Å². The molecular weight excluding hydrogens is 318 g/mol. The van der Waals surface area contributed by atoms with Crippen LogP contribution in [-0.2, 0) is 11.3 Å². The number of carbonyl (C=O) groups excluding carboxylic acids is 1. The Morgan fingerprint density at radius 2 is 2.33 bits per heavy atom. The van der Waals surface area contributed by atoms with E-state index in [1.54, 1.807) is 15.9 Å². The van der Waals surface area contributed by atoms with Crippen molar-refractivity contribution in [2.75, 3.05) is 12.8 Å². The summed E-state index contributed by atoms with van der Waals surface area (Å²) < 4.78 is 7.49. The topological polar surface area (TPSA) is 70.1 Å². The molecule has 0 aliphatic heterocycles. The van der Waals surface area contributed by atoms with Crippen molar-refractivity contribution in [2.45, 2.75) is 13.5 Å². The fourth-order valence-electron chi connectivity index (χ4n) is 1.62. The van der Waals surface area contributed by atoms with Gasteiger partial charge in [-0.25, -0.2) is 9.78 Å². The van der Waals surface area contributed by atoms with Gasteiger partial charge in [0.2, 0.25) is 0 Å². The molecule has 0 aliphatic rings. The van der Waals surface area contributed by atoms with Crippen molar-refractivity contribution in [3.63, 3.8) is 0 Å². The van der Waals surface area contributed by atoms with Crippen LogP contribution in [0.1, 0.15) is 21.2 Å². The third-order valence-electron chi connectivity index (χ3n) is 2.52. The largest absolute Gasteiger partial charge is 0.464 e. The van der Waals surface area contributed by atoms with Gasteiger partial charge < -0.3 is 15.0 Å². The molecule has 0 amide bonds. The van der Waals surface area contributed by atoms with Crippen LogP contribution in [0.2, 0.25) is 0 Å². The van der Waals surface area contributed by atoms with Crippen LogP contribution in [0.15, 0.2) is 15.9 Å². The minimum Gasteiger partial charge on any atom is -0.464 e. The lowest BCUT2D eigenvalue weighted by Gasteiger charge is -2.05. The number of nitrogens with two attached hydrogens (primary N) is 1. The first kappa shape index (κ1) is 13.1. The van der Waals surface area contributed by atoms with Crippen LogP contribution >= 0.6 is 27.3 Å². The fraction of sp³-hybridized carbons (Fsp3) is 0.273. The maximum atomic E-state index is 11.5. The second-order valence-electron chi connectivity index (χ2n) is 3.68. The number of aryl methyl sites for hydroxylation is 1. The lowest BCUT2D eigenvalue weighted by atomic mass is 10.4. The molecule has 0 radical (unpaired) electrons. The molecule has 18 heavy (non-hydrogen) atoms. The maximum absolute atomic E-state index is 11.5. The van der Waals surface area contributed by atoms with Gasteiger partial charge in [-0.15, -0.1) is 11.3 Å². The van der Waals surface area contributed by atoms with E-state index in [1.807, 2.05) is 19.1 Å². The molecule has 2 rings (SSSR count). The zero-order chi connectivity index (χ0) is 13.3. The summed E-state index contributed by atoms with van der Waals surface area (Å²) in [6, 6.07) is 3.98. The Kier molecular flexibility index (Phi) is 3.72. The number of anilines is 1. The van der Waals surface area contributed by atoms with E-state index in [0.29, 0.717) is 18.2 Å². The fourth-order valence-corrected chi connectivity index (χ4v) is 3.09. The molecule has 0 fully saturated rings. The van der Waals surface area contributed by atoms with Crippen molar-refractivity contribution in [3.8, 4) is 0 Å². The normalized spacial score (nSPS) is 10.6. The Bertz CT molecular complexity index is 591. The van der Waals surface area contributed by atoms with E-state index < -0.39 is 5.97 Å². The zero-order valence-electron chi connectivity index (χ0n) is 9.94. The van der Waals surface area contributed by atoms with Gasteiger partial charge in [-0.3, -0.25) is 0 Å². The highest BCUT2D eigenvalue weighted by molar-refractivity contribution is 9.11. The molecule has 0 aromatic carbocycles. The average molecular weight is 330 g/mol. The number of methoxy groups -OCH3 is 1. The number of esters is 1. The van der Waals surface area contributed by atoms with Crippen LogP contribution in [0.5, 0.6) is 0 Å². The van der Waals surface area contributed by atoms with Crippen molar-refractivity contribution in [2.24, 2.45) is 0 Å². The summed E-state index contributed by atoms with van der Waals surface area (Å²) in [5, 5.41) is 0. The van der Waals surface area contributed by atoms with Gasteiger partial charge in [-0.05, 0) is 35.0 Å². The smallest absolute Gasteiger partial charge is 0.360 e. The zero-order valence-corrected chi connectivity index (χ0v) is 12.3. The Balaban J connectivity index is 2.34. The molecule has 2 aromatic heterocycles. The van der Waals surface area contributed by atoms with Gasteiger partial charge in [0, 0.05) is 4.88 Å². The molecule has 0 saturated carbocycles.